The van der Waals surface area contributed by atoms with Crippen molar-refractivity contribution in [3.63, 3.8) is 0 Å². The first-order valence-electron chi connectivity index (χ1n) is 44.4. The molecule has 0 saturated carbocycles. The lowest BCUT2D eigenvalue weighted by Gasteiger charge is -2.23. The van der Waals surface area contributed by atoms with Crippen LogP contribution < -0.4 is 51.9 Å². The van der Waals surface area contributed by atoms with Crippen molar-refractivity contribution in [2.24, 2.45) is 0 Å². The molecule has 8 N–H and O–H groups in total. The van der Waals surface area contributed by atoms with Crippen LogP contribution in [0.25, 0.3) is 44.5 Å². The standard InChI is InChI=1S/C23H19BrN2O2.C23H20ClN3O2.C23H19FN2O2.C22H17ClN2O2.C21H17ClN2O2.CH4/c1-26-21-12-11-18(24)14-19(21)22(27)25-20(23(26)28)13-15-7-9-17(10-8-15)16-5-3-2-4-6-16;1-14-3-6-17(13-25-14)16-7-4-15(5-8-16)11-20-23(29)27(2)21-10-9-18(24)12-19(21)22(28)26-20;1-26-21-12-11-18(24)14-19(21)22(27)25-20(23(26)28)13-15-7-9-17(10-8-15)16-5-3-2-4-6-16;23-17-10-11-19-18(13-17)21(26)25-20(22(27)24-19)12-14-6-8-16(9-7-14)15-4-2-1-3-5-15;22-15-8-11-18-17(12-15)19(14-6-9-16(25)10-7-14)24-20(21(26)23-18)13-4-2-1-3-5-13;/h2-12,14,20H,13H2,1H3,(H,25,27);3-10,12-13,20H,11H2,1-2H3,(H,26,28);2-12,14,20H,13H2,1H3,(H,25,27);1-11,13,20H,12H2,(H,24,27)(H,25,26);1-12,19-20,24-25H,(H,23,26);1H4. The quantitative estimate of drug-likeness (QED) is 0.0505. The minimum absolute atomic E-state index is 0. The molecule has 0 spiro atoms. The zero-order valence-corrected chi connectivity index (χ0v) is 78.9. The fraction of sp³-hybridized carbons (Fsp3) is 0.133. The summed E-state index contributed by atoms with van der Waals surface area (Å²) in [7, 11) is 4.99. The highest BCUT2D eigenvalue weighted by Crippen LogP contribution is 2.39. The molecule has 0 fully saturated rings. The molecule has 21 nitrogen and oxygen atoms in total. The Morgan fingerprint density at radius 3 is 1.14 bits per heavy atom. The summed E-state index contributed by atoms with van der Waals surface area (Å²) in [4.78, 5) is 123. The number of aromatic nitrogens is 1. The lowest BCUT2D eigenvalue weighted by atomic mass is 9.96. The SMILES string of the molecule is C.CN1C(=O)C(Cc2ccc(-c3ccccc3)cc2)NC(=O)c2cc(Br)ccc21.CN1C(=O)C(Cc2ccc(-c3ccccc3)cc2)NC(=O)c2cc(F)ccc21.Cc1ccc(-c2ccc(CC3NC(=O)c4cc(Cl)ccc4N(C)C3=O)cc2)cn1.O=C1NC(Cc2ccc(-c3ccccc3)cc2)C(=O)Nc2ccc(Cl)cc21.O=C1Nc2ccc(Cl)cc2C(c2ccc(O)cc2)NC1c1ccccc1. The van der Waals surface area contributed by atoms with E-state index in [1.165, 1.54) is 21.9 Å². The van der Waals surface area contributed by atoms with Crippen LogP contribution in [0.4, 0.5) is 32.8 Å². The summed E-state index contributed by atoms with van der Waals surface area (Å²) in [6, 6.07) is 104. The molecule has 0 saturated heterocycles. The van der Waals surface area contributed by atoms with Gasteiger partial charge >= 0.3 is 0 Å². The molecule has 5 aliphatic heterocycles. The van der Waals surface area contributed by atoms with E-state index in [0.717, 1.165) is 105 Å². The molecule has 0 radical (unpaired) electrons. The number of pyridine rings is 1. The van der Waals surface area contributed by atoms with Crippen LogP contribution in [0.2, 0.25) is 15.1 Å². The molecule has 0 aliphatic carbocycles. The third kappa shape index (κ3) is 23.8. The van der Waals surface area contributed by atoms with Crippen LogP contribution in [0.15, 0.2) is 356 Å². The average molecular weight is 1970 g/mol. The lowest BCUT2D eigenvalue weighted by Crippen LogP contribution is -2.45. The second kappa shape index (κ2) is 44.5. The number of carbonyl (C=O) groups is 9. The summed E-state index contributed by atoms with van der Waals surface area (Å²) in [6.07, 6.45) is 3.47. The van der Waals surface area contributed by atoms with E-state index in [0.29, 0.717) is 80.2 Å². The number of aromatic hydroxyl groups is 1. The number of likely N-dealkylation sites (N-methyl/N-ethyl adjacent to an activating group) is 3. The van der Waals surface area contributed by atoms with E-state index in [2.05, 4.69) is 82.4 Å². The maximum absolute atomic E-state index is 13.6. The van der Waals surface area contributed by atoms with Crippen LogP contribution in [0.1, 0.15) is 106 Å². The monoisotopic (exact) mass is 1970 g/mol. The largest absolute Gasteiger partial charge is 0.508 e. The molecule has 20 rings (SSSR count). The third-order valence-corrected chi connectivity index (χ3v) is 25.5. The van der Waals surface area contributed by atoms with Crippen molar-refractivity contribution < 1.29 is 52.6 Å². The summed E-state index contributed by atoms with van der Waals surface area (Å²) in [5, 5.41) is 31.6. The second-order valence-corrected chi connectivity index (χ2v) is 35.8. The van der Waals surface area contributed by atoms with Crippen molar-refractivity contribution in [3.05, 3.63) is 444 Å². The Morgan fingerprint density at radius 2 is 0.691 bits per heavy atom. The molecule has 14 aromatic carbocycles. The molecular weight excluding hydrogens is 1880 g/mol. The third-order valence-electron chi connectivity index (χ3n) is 24.3. The van der Waals surface area contributed by atoms with Gasteiger partial charge in [0.15, 0.2) is 0 Å². The second-order valence-electron chi connectivity index (χ2n) is 33.6. The van der Waals surface area contributed by atoms with Gasteiger partial charge in [0.1, 0.15) is 41.8 Å². The van der Waals surface area contributed by atoms with E-state index >= 15 is 0 Å². The van der Waals surface area contributed by atoms with E-state index in [4.69, 9.17) is 34.8 Å². The van der Waals surface area contributed by atoms with Gasteiger partial charge in [-0.1, -0.05) is 295 Å². The number of benzene rings is 14. The number of halogens is 5. The first-order chi connectivity index (χ1) is 66.7. The minimum atomic E-state index is -0.712. The summed E-state index contributed by atoms with van der Waals surface area (Å²) in [5.41, 5.74) is 20.6. The molecule has 15 aromatic rings. The maximum Gasteiger partial charge on any atom is 0.254 e. The highest BCUT2D eigenvalue weighted by Gasteiger charge is 2.38. The van der Waals surface area contributed by atoms with Crippen molar-refractivity contribution >= 4 is 132 Å². The Kier molecular flexibility index (Phi) is 31.4. The fourth-order valence-electron chi connectivity index (χ4n) is 16.9. The Labute approximate surface area is 828 Å². The summed E-state index contributed by atoms with van der Waals surface area (Å²) >= 11 is 21.6. The number of nitrogens with one attached hydrogen (secondary N) is 7. The van der Waals surface area contributed by atoms with E-state index in [9.17, 15) is 52.6 Å². The molecule has 139 heavy (non-hydrogen) atoms. The number of phenols is 1. The number of hydrogen-bond acceptors (Lipinski definition) is 12. The minimum Gasteiger partial charge on any atom is -0.508 e. The fourth-order valence-corrected chi connectivity index (χ4v) is 17.7. The topological polar surface area (TPSA) is 281 Å². The number of rotatable bonds is 14. The molecular formula is C113H96BrCl3FN11O10. The molecule has 0 bridgehead atoms. The van der Waals surface area contributed by atoms with Crippen LogP contribution in [-0.2, 0) is 49.7 Å². The zero-order valence-electron chi connectivity index (χ0n) is 75.1. The Balaban J connectivity index is 0.000000131. The predicted molar refractivity (Wildman–Crippen MR) is 551 cm³/mol. The smallest absolute Gasteiger partial charge is 0.254 e. The lowest BCUT2D eigenvalue weighted by molar-refractivity contribution is -0.120. The van der Waals surface area contributed by atoms with Gasteiger partial charge in [-0.2, -0.15) is 0 Å². The molecule has 6 unspecified atom stereocenters. The number of phenolic OH excluding ortho intramolecular Hbond substituents is 1. The van der Waals surface area contributed by atoms with Crippen LogP contribution in [0.5, 0.6) is 5.75 Å². The first kappa shape index (κ1) is 98.0. The first-order valence-corrected chi connectivity index (χ1v) is 46.3. The van der Waals surface area contributed by atoms with Crippen LogP contribution in [0, 0.1) is 12.7 Å². The molecule has 1 aromatic heterocycles. The van der Waals surface area contributed by atoms with Gasteiger partial charge < -0.3 is 51.7 Å². The van der Waals surface area contributed by atoms with Crippen molar-refractivity contribution in [2.75, 3.05) is 46.5 Å². The number of fused-ring (bicyclic) bond motifs is 5. The van der Waals surface area contributed by atoms with Crippen molar-refractivity contribution in [3.8, 4) is 50.3 Å². The highest BCUT2D eigenvalue weighted by atomic mass is 79.9. The van der Waals surface area contributed by atoms with Gasteiger partial charge in [-0.15, -0.1) is 0 Å². The number of nitrogens with zero attached hydrogens (tertiary/aromatic N) is 4. The number of carbonyl (C=O) groups excluding carboxylic acids is 9. The van der Waals surface area contributed by atoms with E-state index in [-0.39, 0.29) is 72.0 Å². The Bertz CT molecular complexity index is 6880. The van der Waals surface area contributed by atoms with Gasteiger partial charge in [0, 0.05) is 89.5 Å². The summed E-state index contributed by atoms with van der Waals surface area (Å²) in [6.45, 7) is 1.95. The van der Waals surface area contributed by atoms with Crippen molar-refractivity contribution in [2.45, 2.75) is 76.3 Å². The van der Waals surface area contributed by atoms with Gasteiger partial charge in [-0.3, -0.25) is 53.5 Å². The predicted octanol–water partition coefficient (Wildman–Crippen LogP) is 21.6. The van der Waals surface area contributed by atoms with Gasteiger partial charge in [-0.25, -0.2) is 4.39 Å². The van der Waals surface area contributed by atoms with Gasteiger partial charge in [0.05, 0.1) is 51.0 Å². The number of anilines is 5. The maximum atomic E-state index is 13.6. The van der Waals surface area contributed by atoms with E-state index in [1.807, 2.05) is 250 Å². The number of aryl methyl sites for hydroxylation is 1. The van der Waals surface area contributed by atoms with Crippen molar-refractivity contribution in [1.29, 1.82) is 0 Å². The average Bonchev–Trinajstić information content (AvgIpc) is 1.67. The summed E-state index contributed by atoms with van der Waals surface area (Å²) < 4.78 is 14.4. The highest BCUT2D eigenvalue weighted by molar-refractivity contribution is 9.10. The van der Waals surface area contributed by atoms with Crippen molar-refractivity contribution in [1.82, 2.24) is 31.6 Å². The van der Waals surface area contributed by atoms with Crippen LogP contribution in [0.3, 0.4) is 0 Å². The van der Waals surface area contributed by atoms with Crippen LogP contribution >= 0.6 is 50.7 Å². The number of amides is 9. The molecule has 5 aliphatic rings. The Hall–Kier alpha value is -15.5. The molecule has 6 heterocycles. The van der Waals surface area contributed by atoms with E-state index < -0.39 is 41.9 Å². The molecule has 698 valence electrons. The normalized spacial score (nSPS) is 16.7. The van der Waals surface area contributed by atoms with E-state index in [1.54, 1.807) is 92.8 Å². The molecule has 26 heteroatoms. The van der Waals surface area contributed by atoms with Gasteiger partial charge in [0.2, 0.25) is 29.5 Å². The Morgan fingerprint density at radius 1 is 0.345 bits per heavy atom. The van der Waals surface area contributed by atoms with Crippen LogP contribution in [-0.4, -0.2) is 109 Å². The number of hydrogen-bond donors (Lipinski definition) is 8. The molecule has 6 atom stereocenters. The molecule has 9 amide bonds. The zero-order chi connectivity index (χ0) is 96.8. The summed E-state index contributed by atoms with van der Waals surface area (Å²) in [5.74, 6) is -2.48. The van der Waals surface area contributed by atoms with Gasteiger partial charge in [0.25, 0.3) is 23.6 Å². The van der Waals surface area contributed by atoms with Gasteiger partial charge in [-0.05, 0) is 194 Å².